The van der Waals surface area contributed by atoms with Crippen LogP contribution >= 0.6 is 0 Å². The van der Waals surface area contributed by atoms with Crippen LogP contribution in [0.3, 0.4) is 0 Å². The van der Waals surface area contributed by atoms with E-state index in [1.54, 1.807) is 24.5 Å². The van der Waals surface area contributed by atoms with Crippen molar-refractivity contribution in [2.75, 3.05) is 6.61 Å². The summed E-state index contributed by atoms with van der Waals surface area (Å²) >= 11 is 0. The molecule has 1 unspecified atom stereocenters. The second kappa shape index (κ2) is 14.6. The topological polar surface area (TPSA) is 61.3 Å². The Morgan fingerprint density at radius 1 is 0.871 bits per heavy atom. The van der Waals surface area contributed by atoms with E-state index in [2.05, 4.69) is 23.8 Å². The minimum atomic E-state index is -0.198. The Balaban J connectivity index is 1.70. The number of carbonyl (C=O) groups excluding carboxylic acids is 1. The van der Waals surface area contributed by atoms with E-state index < -0.39 is 0 Å². The third-order valence-corrected chi connectivity index (χ3v) is 5.45. The minimum absolute atomic E-state index is 0.198. The smallest absolute Gasteiger partial charge is 0.311 e. The van der Waals surface area contributed by atoms with E-state index in [9.17, 15) is 4.79 Å². The maximum absolute atomic E-state index is 11.9. The number of carbonyl (C=O) groups is 1. The lowest BCUT2D eigenvalue weighted by Gasteiger charge is -2.09. The molecule has 170 valence electrons. The molecular weight excluding hydrogens is 388 g/mol. The molecule has 0 spiro atoms. The van der Waals surface area contributed by atoms with Gasteiger partial charge in [0.25, 0.3) is 0 Å². The van der Waals surface area contributed by atoms with Gasteiger partial charge in [-0.15, -0.1) is 0 Å². The molecule has 1 heterocycles. The van der Waals surface area contributed by atoms with E-state index in [1.807, 2.05) is 19.1 Å². The van der Waals surface area contributed by atoms with E-state index in [0.717, 1.165) is 18.4 Å². The van der Waals surface area contributed by atoms with Crippen molar-refractivity contribution in [3.05, 3.63) is 36.7 Å². The van der Waals surface area contributed by atoms with Crippen LogP contribution in [0.5, 0.6) is 11.5 Å². The monoisotopic (exact) mass is 426 g/mol. The van der Waals surface area contributed by atoms with Crippen molar-refractivity contribution in [2.24, 2.45) is 5.92 Å². The zero-order chi connectivity index (χ0) is 22.3. The lowest BCUT2D eigenvalue weighted by molar-refractivity contribution is -0.135. The number of ether oxygens (including phenoxy) is 2. The van der Waals surface area contributed by atoms with Crippen molar-refractivity contribution < 1.29 is 14.3 Å². The van der Waals surface area contributed by atoms with Crippen molar-refractivity contribution in [3.8, 4) is 22.9 Å². The Kier molecular flexibility index (Phi) is 11.7. The SMILES string of the molecule is CCCCCCCCCCOc1cnc(-c2ccc(OC(=O)CC(C)CC)cc2)nc1. The van der Waals surface area contributed by atoms with Crippen LogP contribution in [0.15, 0.2) is 36.7 Å². The number of rotatable bonds is 15. The van der Waals surface area contributed by atoms with E-state index >= 15 is 0 Å². The van der Waals surface area contributed by atoms with Gasteiger partial charge in [0.05, 0.1) is 19.0 Å². The molecule has 0 amide bonds. The Labute approximate surface area is 187 Å². The van der Waals surface area contributed by atoms with Crippen LogP contribution in [-0.4, -0.2) is 22.5 Å². The molecule has 2 aromatic rings. The van der Waals surface area contributed by atoms with Crippen LogP contribution in [0, 0.1) is 5.92 Å². The number of unbranched alkanes of at least 4 members (excludes halogenated alkanes) is 7. The minimum Gasteiger partial charge on any atom is -0.490 e. The summed E-state index contributed by atoms with van der Waals surface area (Å²) in [5.41, 5.74) is 0.872. The molecule has 0 aliphatic heterocycles. The fraction of sp³-hybridized carbons (Fsp3) is 0.577. The van der Waals surface area contributed by atoms with Gasteiger partial charge in [-0.3, -0.25) is 4.79 Å². The average Bonchev–Trinajstić information content (AvgIpc) is 2.79. The summed E-state index contributed by atoms with van der Waals surface area (Å²) in [6.45, 7) is 7.07. The normalized spacial score (nSPS) is 11.8. The molecular formula is C26H38N2O3. The molecule has 0 bridgehead atoms. The fourth-order valence-corrected chi connectivity index (χ4v) is 3.24. The van der Waals surface area contributed by atoms with Gasteiger partial charge in [0.2, 0.25) is 0 Å². The van der Waals surface area contributed by atoms with Crippen LogP contribution in [0.2, 0.25) is 0 Å². The average molecular weight is 427 g/mol. The molecule has 5 nitrogen and oxygen atoms in total. The van der Waals surface area contributed by atoms with Gasteiger partial charge < -0.3 is 9.47 Å². The summed E-state index contributed by atoms with van der Waals surface area (Å²) in [5, 5.41) is 0. The number of esters is 1. The molecule has 0 radical (unpaired) electrons. The number of benzene rings is 1. The Hall–Kier alpha value is -2.43. The first-order valence-electron chi connectivity index (χ1n) is 11.9. The lowest BCUT2D eigenvalue weighted by atomic mass is 10.1. The third kappa shape index (κ3) is 9.95. The molecule has 0 saturated carbocycles. The molecule has 1 atom stereocenters. The van der Waals surface area contributed by atoms with Gasteiger partial charge in [0.1, 0.15) is 5.75 Å². The molecule has 1 aromatic carbocycles. The van der Waals surface area contributed by atoms with Crippen molar-refractivity contribution in [3.63, 3.8) is 0 Å². The van der Waals surface area contributed by atoms with Gasteiger partial charge in [0, 0.05) is 12.0 Å². The summed E-state index contributed by atoms with van der Waals surface area (Å²) in [5.74, 6) is 1.99. The van der Waals surface area contributed by atoms with Crippen molar-refractivity contribution >= 4 is 5.97 Å². The zero-order valence-electron chi connectivity index (χ0n) is 19.4. The Morgan fingerprint density at radius 2 is 1.48 bits per heavy atom. The van der Waals surface area contributed by atoms with Gasteiger partial charge >= 0.3 is 5.97 Å². The van der Waals surface area contributed by atoms with Gasteiger partial charge in [-0.2, -0.15) is 0 Å². The largest absolute Gasteiger partial charge is 0.490 e. The van der Waals surface area contributed by atoms with Crippen LogP contribution in [0.25, 0.3) is 11.4 Å². The van der Waals surface area contributed by atoms with Crippen LogP contribution in [-0.2, 0) is 4.79 Å². The highest BCUT2D eigenvalue weighted by atomic mass is 16.5. The quantitative estimate of drug-likeness (QED) is 0.174. The molecule has 1 aromatic heterocycles. The second-order valence-corrected chi connectivity index (χ2v) is 8.28. The standard InChI is InChI=1S/C26H38N2O3/c1-4-6-7-8-9-10-11-12-17-30-24-19-27-26(28-20-24)22-13-15-23(16-14-22)31-25(29)18-21(3)5-2/h13-16,19-21H,4-12,17-18H2,1-3H3. The maximum Gasteiger partial charge on any atom is 0.311 e. The Bertz CT molecular complexity index is 744. The number of hydrogen-bond donors (Lipinski definition) is 0. The van der Waals surface area contributed by atoms with Crippen molar-refractivity contribution in [2.45, 2.75) is 85.0 Å². The molecule has 0 aliphatic carbocycles. The first-order valence-corrected chi connectivity index (χ1v) is 11.9. The fourth-order valence-electron chi connectivity index (χ4n) is 3.24. The van der Waals surface area contributed by atoms with Crippen molar-refractivity contribution in [1.82, 2.24) is 9.97 Å². The lowest BCUT2D eigenvalue weighted by Crippen LogP contribution is -2.11. The molecule has 5 heteroatoms. The van der Waals surface area contributed by atoms with E-state index in [4.69, 9.17) is 9.47 Å². The Morgan fingerprint density at radius 3 is 2.10 bits per heavy atom. The molecule has 0 N–H and O–H groups in total. The third-order valence-electron chi connectivity index (χ3n) is 5.45. The summed E-state index contributed by atoms with van der Waals surface area (Å²) in [6.07, 6.45) is 15.1. The van der Waals surface area contributed by atoms with Gasteiger partial charge in [0.15, 0.2) is 11.6 Å². The highest BCUT2D eigenvalue weighted by Crippen LogP contribution is 2.21. The van der Waals surface area contributed by atoms with Crippen molar-refractivity contribution in [1.29, 1.82) is 0 Å². The summed E-state index contributed by atoms with van der Waals surface area (Å²) < 4.78 is 11.2. The summed E-state index contributed by atoms with van der Waals surface area (Å²) in [4.78, 5) is 20.7. The van der Waals surface area contributed by atoms with Gasteiger partial charge in [-0.1, -0.05) is 72.1 Å². The molecule has 0 fully saturated rings. The molecule has 2 rings (SSSR count). The van der Waals surface area contributed by atoms with Gasteiger partial charge in [-0.05, 0) is 36.6 Å². The predicted molar refractivity (Wildman–Crippen MR) is 125 cm³/mol. The first-order chi connectivity index (χ1) is 15.1. The summed E-state index contributed by atoms with van der Waals surface area (Å²) in [6, 6.07) is 7.28. The molecule has 0 aliphatic rings. The van der Waals surface area contributed by atoms with Crippen LogP contribution < -0.4 is 9.47 Å². The van der Waals surface area contributed by atoms with Crippen LogP contribution in [0.4, 0.5) is 0 Å². The number of nitrogens with zero attached hydrogens (tertiary/aromatic N) is 2. The van der Waals surface area contributed by atoms with E-state index in [1.165, 1.54) is 44.9 Å². The maximum atomic E-state index is 11.9. The zero-order valence-corrected chi connectivity index (χ0v) is 19.4. The molecule has 0 saturated heterocycles. The first kappa shape index (κ1) is 24.8. The second-order valence-electron chi connectivity index (χ2n) is 8.28. The van der Waals surface area contributed by atoms with E-state index in [0.29, 0.717) is 36.3 Å². The van der Waals surface area contributed by atoms with Crippen LogP contribution in [0.1, 0.15) is 85.0 Å². The highest BCUT2D eigenvalue weighted by Gasteiger charge is 2.10. The summed E-state index contributed by atoms with van der Waals surface area (Å²) in [7, 11) is 0. The number of aromatic nitrogens is 2. The van der Waals surface area contributed by atoms with Gasteiger partial charge in [-0.25, -0.2) is 9.97 Å². The predicted octanol–water partition coefficient (Wildman–Crippen LogP) is 7.00. The number of hydrogen-bond acceptors (Lipinski definition) is 5. The molecule has 31 heavy (non-hydrogen) atoms. The highest BCUT2D eigenvalue weighted by molar-refractivity contribution is 5.72. The van der Waals surface area contributed by atoms with E-state index in [-0.39, 0.29) is 5.97 Å².